The maximum atomic E-state index is 13.2. The van der Waals surface area contributed by atoms with Crippen molar-refractivity contribution < 1.29 is 13.9 Å². The van der Waals surface area contributed by atoms with Gasteiger partial charge in [0.15, 0.2) is 0 Å². The zero-order valence-electron chi connectivity index (χ0n) is 10.9. The Kier molecular flexibility index (Phi) is 4.42. The van der Waals surface area contributed by atoms with Crippen LogP contribution in [0.15, 0.2) is 18.2 Å². The second-order valence-electron chi connectivity index (χ2n) is 4.63. The summed E-state index contributed by atoms with van der Waals surface area (Å²) in [5.74, 6) is 0.800. The largest absolute Gasteiger partial charge is 0.492 e. The monoisotopic (exact) mass is 253 g/mol. The molecule has 0 aliphatic carbocycles. The summed E-state index contributed by atoms with van der Waals surface area (Å²) < 4.78 is 24.0. The number of halogens is 1. The number of anilines is 1. The molecular weight excluding hydrogens is 233 g/mol. The SMILES string of the molecule is CCOc1cc(F)ccc1NC(C)C1CCOC1. The van der Waals surface area contributed by atoms with E-state index in [2.05, 4.69) is 12.2 Å². The van der Waals surface area contributed by atoms with Gasteiger partial charge in [0.05, 0.1) is 18.9 Å². The maximum absolute atomic E-state index is 13.2. The summed E-state index contributed by atoms with van der Waals surface area (Å²) in [4.78, 5) is 0. The number of hydrogen-bond donors (Lipinski definition) is 1. The molecule has 100 valence electrons. The first-order valence-electron chi connectivity index (χ1n) is 6.47. The van der Waals surface area contributed by atoms with Gasteiger partial charge in [0, 0.05) is 24.6 Å². The van der Waals surface area contributed by atoms with Crippen LogP contribution in [0.4, 0.5) is 10.1 Å². The van der Waals surface area contributed by atoms with Crippen molar-refractivity contribution in [2.75, 3.05) is 25.1 Å². The van der Waals surface area contributed by atoms with Gasteiger partial charge in [-0.15, -0.1) is 0 Å². The fourth-order valence-corrected chi connectivity index (χ4v) is 2.20. The Balaban J connectivity index is 2.07. The van der Waals surface area contributed by atoms with E-state index in [-0.39, 0.29) is 11.9 Å². The van der Waals surface area contributed by atoms with Crippen LogP contribution in [0, 0.1) is 11.7 Å². The summed E-state index contributed by atoms with van der Waals surface area (Å²) in [6.45, 7) is 6.16. The summed E-state index contributed by atoms with van der Waals surface area (Å²) >= 11 is 0. The molecule has 0 amide bonds. The molecule has 0 aromatic heterocycles. The van der Waals surface area contributed by atoms with Gasteiger partial charge in [-0.3, -0.25) is 0 Å². The third-order valence-corrected chi connectivity index (χ3v) is 3.30. The van der Waals surface area contributed by atoms with Crippen molar-refractivity contribution in [3.05, 3.63) is 24.0 Å². The number of benzene rings is 1. The molecule has 1 saturated heterocycles. The summed E-state index contributed by atoms with van der Waals surface area (Å²) in [5.41, 5.74) is 0.845. The molecule has 1 fully saturated rings. The Morgan fingerprint density at radius 3 is 3.06 bits per heavy atom. The topological polar surface area (TPSA) is 30.5 Å². The highest BCUT2D eigenvalue weighted by Crippen LogP contribution is 2.28. The predicted octanol–water partition coefficient (Wildman–Crippen LogP) is 3.06. The van der Waals surface area contributed by atoms with Crippen molar-refractivity contribution in [2.24, 2.45) is 5.92 Å². The Morgan fingerprint density at radius 1 is 1.56 bits per heavy atom. The van der Waals surface area contributed by atoms with Gasteiger partial charge in [-0.25, -0.2) is 4.39 Å². The van der Waals surface area contributed by atoms with Gasteiger partial charge in [0.25, 0.3) is 0 Å². The van der Waals surface area contributed by atoms with E-state index in [0.29, 0.717) is 18.3 Å². The van der Waals surface area contributed by atoms with Crippen LogP contribution in [0.3, 0.4) is 0 Å². The van der Waals surface area contributed by atoms with E-state index in [4.69, 9.17) is 9.47 Å². The van der Waals surface area contributed by atoms with E-state index < -0.39 is 0 Å². The average molecular weight is 253 g/mol. The highest BCUT2D eigenvalue weighted by Gasteiger charge is 2.22. The molecule has 0 saturated carbocycles. The van der Waals surface area contributed by atoms with Crippen molar-refractivity contribution in [1.82, 2.24) is 0 Å². The van der Waals surface area contributed by atoms with Crippen LogP contribution >= 0.6 is 0 Å². The predicted molar refractivity (Wildman–Crippen MR) is 69.6 cm³/mol. The average Bonchev–Trinajstić information content (AvgIpc) is 2.86. The highest BCUT2D eigenvalue weighted by atomic mass is 19.1. The molecule has 1 N–H and O–H groups in total. The summed E-state index contributed by atoms with van der Waals surface area (Å²) in [7, 11) is 0. The maximum Gasteiger partial charge on any atom is 0.145 e. The molecule has 0 radical (unpaired) electrons. The Hall–Kier alpha value is -1.29. The molecule has 1 heterocycles. The second-order valence-corrected chi connectivity index (χ2v) is 4.63. The van der Waals surface area contributed by atoms with Crippen molar-refractivity contribution in [2.45, 2.75) is 26.3 Å². The quantitative estimate of drug-likeness (QED) is 0.874. The fraction of sp³-hybridized carbons (Fsp3) is 0.571. The van der Waals surface area contributed by atoms with E-state index in [9.17, 15) is 4.39 Å². The first-order chi connectivity index (χ1) is 8.70. The zero-order chi connectivity index (χ0) is 13.0. The molecule has 0 spiro atoms. The minimum atomic E-state index is -0.277. The van der Waals surface area contributed by atoms with E-state index in [1.165, 1.54) is 12.1 Å². The lowest BCUT2D eigenvalue weighted by atomic mass is 10.0. The van der Waals surface area contributed by atoms with Crippen LogP contribution in [0.2, 0.25) is 0 Å². The van der Waals surface area contributed by atoms with Crippen LogP contribution in [-0.4, -0.2) is 25.9 Å². The second kappa shape index (κ2) is 6.05. The van der Waals surface area contributed by atoms with E-state index in [1.54, 1.807) is 6.07 Å². The molecule has 1 aromatic carbocycles. The normalized spacial score (nSPS) is 20.7. The van der Waals surface area contributed by atoms with Gasteiger partial charge in [-0.05, 0) is 32.4 Å². The minimum Gasteiger partial charge on any atom is -0.492 e. The van der Waals surface area contributed by atoms with Gasteiger partial charge in [0.1, 0.15) is 11.6 Å². The first-order valence-corrected chi connectivity index (χ1v) is 6.47. The van der Waals surface area contributed by atoms with Crippen molar-refractivity contribution >= 4 is 5.69 Å². The molecule has 0 bridgehead atoms. The molecule has 3 nitrogen and oxygen atoms in total. The molecule has 4 heteroatoms. The van der Waals surface area contributed by atoms with Gasteiger partial charge < -0.3 is 14.8 Å². The molecule has 2 unspecified atom stereocenters. The molecule has 2 rings (SSSR count). The summed E-state index contributed by atoms with van der Waals surface area (Å²) in [6.07, 6.45) is 1.07. The lowest BCUT2D eigenvalue weighted by Crippen LogP contribution is -2.26. The molecule has 18 heavy (non-hydrogen) atoms. The molecular formula is C14H20FNO2. The molecule has 1 aliphatic heterocycles. The minimum absolute atomic E-state index is 0.277. The van der Waals surface area contributed by atoms with Crippen LogP contribution < -0.4 is 10.1 Å². The van der Waals surface area contributed by atoms with Crippen LogP contribution in [-0.2, 0) is 4.74 Å². The number of hydrogen-bond acceptors (Lipinski definition) is 3. The van der Waals surface area contributed by atoms with Crippen molar-refractivity contribution in [1.29, 1.82) is 0 Å². The van der Waals surface area contributed by atoms with E-state index >= 15 is 0 Å². The molecule has 2 atom stereocenters. The first kappa shape index (κ1) is 13.1. The number of nitrogens with one attached hydrogen (secondary N) is 1. The standard InChI is InChI=1S/C14H20FNO2/c1-3-18-14-8-12(15)4-5-13(14)16-10(2)11-6-7-17-9-11/h4-5,8,10-11,16H,3,6-7,9H2,1-2H3. The van der Waals surface area contributed by atoms with Gasteiger partial charge in [0.2, 0.25) is 0 Å². The Morgan fingerprint density at radius 2 is 2.39 bits per heavy atom. The Labute approximate surface area is 107 Å². The number of ether oxygens (including phenoxy) is 2. The molecule has 1 aromatic rings. The third-order valence-electron chi connectivity index (χ3n) is 3.30. The lowest BCUT2D eigenvalue weighted by Gasteiger charge is -2.22. The lowest BCUT2D eigenvalue weighted by molar-refractivity contribution is 0.183. The summed E-state index contributed by atoms with van der Waals surface area (Å²) in [6, 6.07) is 4.89. The smallest absolute Gasteiger partial charge is 0.145 e. The Bertz CT molecular complexity index is 391. The van der Waals surface area contributed by atoms with Gasteiger partial charge in [-0.1, -0.05) is 0 Å². The van der Waals surface area contributed by atoms with Crippen molar-refractivity contribution in [3.63, 3.8) is 0 Å². The van der Waals surface area contributed by atoms with Crippen molar-refractivity contribution in [3.8, 4) is 5.75 Å². The van der Waals surface area contributed by atoms with Crippen LogP contribution in [0.25, 0.3) is 0 Å². The summed E-state index contributed by atoms with van der Waals surface area (Å²) in [5, 5.41) is 3.39. The van der Waals surface area contributed by atoms with E-state index in [1.807, 2.05) is 6.92 Å². The highest BCUT2D eigenvalue weighted by molar-refractivity contribution is 5.57. The molecule has 1 aliphatic rings. The zero-order valence-corrected chi connectivity index (χ0v) is 10.9. The van der Waals surface area contributed by atoms with Gasteiger partial charge >= 0.3 is 0 Å². The third kappa shape index (κ3) is 3.13. The van der Waals surface area contributed by atoms with Crippen LogP contribution in [0.1, 0.15) is 20.3 Å². The van der Waals surface area contributed by atoms with Gasteiger partial charge in [-0.2, -0.15) is 0 Å². The van der Waals surface area contributed by atoms with Crippen LogP contribution in [0.5, 0.6) is 5.75 Å². The fourth-order valence-electron chi connectivity index (χ4n) is 2.20. The van der Waals surface area contributed by atoms with E-state index in [0.717, 1.165) is 25.3 Å². The number of rotatable bonds is 5.